The van der Waals surface area contributed by atoms with Gasteiger partial charge in [0.05, 0.1) is 18.8 Å². The average Bonchev–Trinajstić information content (AvgIpc) is 2.29. The molecule has 1 aliphatic rings. The molecule has 17 heavy (non-hydrogen) atoms. The van der Waals surface area contributed by atoms with Gasteiger partial charge in [0.2, 0.25) is 0 Å². The van der Waals surface area contributed by atoms with E-state index in [1.807, 2.05) is 6.92 Å². The van der Waals surface area contributed by atoms with Crippen LogP contribution in [0, 0.1) is 17.6 Å². The van der Waals surface area contributed by atoms with Crippen LogP contribution in [0.2, 0.25) is 0 Å². The van der Waals surface area contributed by atoms with Crippen molar-refractivity contribution in [2.24, 2.45) is 5.92 Å². The van der Waals surface area contributed by atoms with Crippen molar-refractivity contribution in [1.82, 2.24) is 0 Å². The molecule has 0 aromatic heterocycles. The maximum atomic E-state index is 13.4. The first-order valence-electron chi connectivity index (χ1n) is 5.38. The molecule has 1 saturated heterocycles. The van der Waals surface area contributed by atoms with Crippen molar-refractivity contribution in [3.63, 3.8) is 0 Å². The molecule has 94 valence electrons. The fourth-order valence-electron chi connectivity index (χ4n) is 1.68. The normalized spacial score (nSPS) is 24.9. The fourth-order valence-corrected chi connectivity index (χ4v) is 1.68. The van der Waals surface area contributed by atoms with Crippen LogP contribution in [0.25, 0.3) is 0 Å². The third-order valence-corrected chi connectivity index (χ3v) is 2.63. The summed E-state index contributed by atoms with van der Waals surface area (Å²) in [5, 5.41) is 0. The van der Waals surface area contributed by atoms with Crippen molar-refractivity contribution in [1.29, 1.82) is 0 Å². The molecule has 0 atom stereocenters. The zero-order valence-corrected chi connectivity index (χ0v) is 9.38. The van der Waals surface area contributed by atoms with E-state index in [9.17, 15) is 13.2 Å². The molecule has 0 aliphatic carbocycles. The van der Waals surface area contributed by atoms with Crippen LogP contribution in [0.3, 0.4) is 0 Å². The Hall–Kier alpha value is -1.07. The van der Waals surface area contributed by atoms with E-state index in [0.29, 0.717) is 13.2 Å². The van der Waals surface area contributed by atoms with Crippen LogP contribution in [-0.4, -0.2) is 13.2 Å². The summed E-state index contributed by atoms with van der Waals surface area (Å²) in [4.78, 5) is 0. The Kier molecular flexibility index (Phi) is 3.69. The van der Waals surface area contributed by atoms with Gasteiger partial charge in [-0.3, -0.25) is 0 Å². The molecule has 0 N–H and O–H groups in total. The lowest BCUT2D eigenvalue weighted by Crippen LogP contribution is -2.25. The largest absolute Gasteiger partial charge is 0.348 e. The number of ether oxygens (including phenoxy) is 2. The number of alkyl halides is 1. The van der Waals surface area contributed by atoms with Gasteiger partial charge in [-0.05, 0) is 12.1 Å². The molecule has 5 heteroatoms. The molecule has 1 aromatic rings. The van der Waals surface area contributed by atoms with Crippen molar-refractivity contribution >= 4 is 0 Å². The summed E-state index contributed by atoms with van der Waals surface area (Å²) in [7, 11) is 0. The van der Waals surface area contributed by atoms with Crippen molar-refractivity contribution in [2.45, 2.75) is 19.9 Å². The minimum Gasteiger partial charge on any atom is -0.348 e. The molecule has 1 aliphatic heterocycles. The predicted octanol–water partition coefficient (Wildman–Crippen LogP) is 3.12. The molecular weight excluding hydrogens is 233 g/mol. The number of hydrogen-bond donors (Lipinski definition) is 0. The molecule has 0 spiro atoms. The van der Waals surface area contributed by atoms with Gasteiger partial charge in [-0.2, -0.15) is 0 Å². The van der Waals surface area contributed by atoms with Gasteiger partial charge < -0.3 is 9.47 Å². The summed E-state index contributed by atoms with van der Waals surface area (Å²) in [5.41, 5.74) is -0.318. The highest BCUT2D eigenvalue weighted by Crippen LogP contribution is 2.27. The highest BCUT2D eigenvalue weighted by Gasteiger charge is 2.23. The molecule has 0 saturated carbocycles. The number of rotatable bonds is 2. The highest BCUT2D eigenvalue weighted by atomic mass is 19.1. The third kappa shape index (κ3) is 2.61. The standard InChI is InChI=1S/C12H13F3O2/c1-7-5-16-12(17-6-7)8-2-10(14)9(4-13)11(15)3-8/h2-3,7,12H,4-6H2,1H3. The van der Waals surface area contributed by atoms with E-state index in [1.165, 1.54) is 0 Å². The zero-order valence-electron chi connectivity index (χ0n) is 9.38. The van der Waals surface area contributed by atoms with E-state index in [4.69, 9.17) is 9.47 Å². The number of benzene rings is 1. The van der Waals surface area contributed by atoms with E-state index in [0.717, 1.165) is 12.1 Å². The van der Waals surface area contributed by atoms with Crippen LogP contribution in [0.4, 0.5) is 13.2 Å². The van der Waals surface area contributed by atoms with E-state index >= 15 is 0 Å². The van der Waals surface area contributed by atoms with Crippen LogP contribution in [-0.2, 0) is 16.1 Å². The monoisotopic (exact) mass is 246 g/mol. The Labute approximate surface area is 97.3 Å². The SMILES string of the molecule is CC1COC(c2cc(F)c(CF)c(F)c2)OC1. The summed E-state index contributed by atoms with van der Waals surface area (Å²) in [6.45, 7) is 1.72. The van der Waals surface area contributed by atoms with Crippen molar-refractivity contribution in [2.75, 3.05) is 13.2 Å². The first kappa shape index (κ1) is 12.4. The van der Waals surface area contributed by atoms with E-state index in [-0.39, 0.29) is 11.5 Å². The molecule has 2 nitrogen and oxygen atoms in total. The maximum absolute atomic E-state index is 13.4. The molecule has 1 fully saturated rings. The third-order valence-electron chi connectivity index (χ3n) is 2.63. The van der Waals surface area contributed by atoms with Gasteiger partial charge in [0.25, 0.3) is 0 Å². The summed E-state index contributed by atoms with van der Waals surface area (Å²) >= 11 is 0. The summed E-state index contributed by atoms with van der Waals surface area (Å²) in [6.07, 6.45) is -0.774. The fraction of sp³-hybridized carbons (Fsp3) is 0.500. The van der Waals surface area contributed by atoms with Crippen molar-refractivity contribution in [3.8, 4) is 0 Å². The van der Waals surface area contributed by atoms with Gasteiger partial charge in [0, 0.05) is 11.5 Å². The van der Waals surface area contributed by atoms with Crippen LogP contribution in [0.15, 0.2) is 12.1 Å². The Bertz CT molecular complexity index is 378. The summed E-state index contributed by atoms with van der Waals surface area (Å²) < 4.78 is 49.7. The Morgan fingerprint density at radius 1 is 1.18 bits per heavy atom. The van der Waals surface area contributed by atoms with Gasteiger partial charge in [-0.25, -0.2) is 13.2 Å². The summed E-state index contributed by atoms with van der Waals surface area (Å²) in [5.74, 6) is -1.56. The maximum Gasteiger partial charge on any atom is 0.184 e. The van der Waals surface area contributed by atoms with E-state index < -0.39 is 30.2 Å². The van der Waals surface area contributed by atoms with E-state index in [2.05, 4.69) is 0 Å². The molecule has 0 radical (unpaired) electrons. The zero-order chi connectivity index (χ0) is 12.4. The van der Waals surface area contributed by atoms with Gasteiger partial charge in [-0.15, -0.1) is 0 Å². The molecule has 2 rings (SSSR count). The van der Waals surface area contributed by atoms with Crippen LogP contribution in [0.1, 0.15) is 24.3 Å². The number of halogens is 3. The van der Waals surface area contributed by atoms with Gasteiger partial charge in [0.15, 0.2) is 6.29 Å². The highest BCUT2D eigenvalue weighted by molar-refractivity contribution is 5.26. The van der Waals surface area contributed by atoms with Crippen LogP contribution < -0.4 is 0 Å². The second-order valence-electron chi connectivity index (χ2n) is 4.20. The quantitative estimate of drug-likeness (QED) is 0.798. The lowest BCUT2D eigenvalue weighted by Gasteiger charge is -2.27. The van der Waals surface area contributed by atoms with Crippen LogP contribution >= 0.6 is 0 Å². The minimum atomic E-state index is -1.17. The average molecular weight is 246 g/mol. The second-order valence-corrected chi connectivity index (χ2v) is 4.20. The molecule has 1 heterocycles. The van der Waals surface area contributed by atoms with Gasteiger partial charge in [-0.1, -0.05) is 6.92 Å². The lowest BCUT2D eigenvalue weighted by molar-refractivity contribution is -0.202. The van der Waals surface area contributed by atoms with Crippen molar-refractivity contribution in [3.05, 3.63) is 34.9 Å². The van der Waals surface area contributed by atoms with Gasteiger partial charge in [0.1, 0.15) is 18.3 Å². The van der Waals surface area contributed by atoms with Gasteiger partial charge >= 0.3 is 0 Å². The number of hydrogen-bond acceptors (Lipinski definition) is 2. The summed E-state index contributed by atoms with van der Waals surface area (Å²) in [6, 6.07) is 2.11. The second kappa shape index (κ2) is 5.06. The minimum absolute atomic E-state index is 0.240. The predicted molar refractivity (Wildman–Crippen MR) is 55.0 cm³/mol. The molecular formula is C12H13F3O2. The Morgan fingerprint density at radius 3 is 2.18 bits per heavy atom. The molecule has 0 unspecified atom stereocenters. The van der Waals surface area contributed by atoms with Crippen LogP contribution in [0.5, 0.6) is 0 Å². The Morgan fingerprint density at radius 2 is 1.71 bits per heavy atom. The van der Waals surface area contributed by atoms with Crippen molar-refractivity contribution < 1.29 is 22.6 Å². The smallest absolute Gasteiger partial charge is 0.184 e. The molecule has 1 aromatic carbocycles. The first-order valence-corrected chi connectivity index (χ1v) is 5.38. The molecule has 0 amide bonds. The Balaban J connectivity index is 2.22. The first-order chi connectivity index (χ1) is 8.11. The van der Waals surface area contributed by atoms with E-state index in [1.54, 1.807) is 0 Å². The molecule has 0 bridgehead atoms. The lowest BCUT2D eigenvalue weighted by atomic mass is 10.1. The topological polar surface area (TPSA) is 18.5 Å².